The first-order valence-electron chi connectivity index (χ1n) is 5.61. The zero-order chi connectivity index (χ0) is 13.0. The zero-order valence-electron chi connectivity index (χ0n) is 10.8. The van der Waals surface area contributed by atoms with Crippen molar-refractivity contribution < 1.29 is 9.53 Å². The average Bonchev–Trinajstić information content (AvgIpc) is 2.59. The highest BCUT2D eigenvalue weighted by Gasteiger charge is 2.19. The molecule has 17 heavy (non-hydrogen) atoms. The Balaban J connectivity index is 2.86. The van der Waals surface area contributed by atoms with Crippen LogP contribution in [-0.2, 0) is 4.74 Å². The van der Waals surface area contributed by atoms with Gasteiger partial charge in [0.2, 0.25) is 0 Å². The number of hydrogen-bond donors (Lipinski definition) is 1. The first-order valence-corrected chi connectivity index (χ1v) is 5.61. The summed E-state index contributed by atoms with van der Waals surface area (Å²) in [5, 5.41) is 0. The molecule has 0 aromatic carbocycles. The van der Waals surface area contributed by atoms with E-state index in [9.17, 15) is 4.79 Å². The fourth-order valence-corrected chi connectivity index (χ4v) is 1.69. The van der Waals surface area contributed by atoms with Crippen LogP contribution in [0.15, 0.2) is 6.33 Å². The third-order valence-electron chi connectivity index (χ3n) is 2.41. The number of nitrogens with two attached hydrogens (primary N) is 1. The molecule has 1 aromatic heterocycles. The molecule has 1 atom stereocenters. The van der Waals surface area contributed by atoms with Gasteiger partial charge in [-0.25, -0.2) is 9.78 Å². The largest absolute Gasteiger partial charge is 0.461 e. The van der Waals surface area contributed by atoms with Crippen molar-refractivity contribution in [3.63, 3.8) is 0 Å². The predicted molar refractivity (Wildman–Crippen MR) is 65.9 cm³/mol. The van der Waals surface area contributed by atoms with Gasteiger partial charge in [-0.3, -0.25) is 0 Å². The molecule has 2 N–H and O–H groups in total. The van der Waals surface area contributed by atoms with Crippen molar-refractivity contribution in [3.05, 3.63) is 12.0 Å². The molecule has 0 spiro atoms. The molecule has 0 fully saturated rings. The van der Waals surface area contributed by atoms with Gasteiger partial charge in [-0.1, -0.05) is 0 Å². The Hall–Kier alpha value is -1.56. The van der Waals surface area contributed by atoms with Crippen LogP contribution < -0.4 is 5.73 Å². The molecule has 1 rings (SSSR count). The first kappa shape index (κ1) is 13.5. The molecular weight excluding hydrogens is 220 g/mol. The Morgan fingerprint density at radius 1 is 1.65 bits per heavy atom. The molecular formula is C11H20N4O2. The molecule has 6 heteroatoms. The van der Waals surface area contributed by atoms with E-state index in [-0.39, 0.29) is 11.7 Å². The van der Waals surface area contributed by atoms with Crippen molar-refractivity contribution in [2.24, 2.45) is 0 Å². The molecule has 6 nitrogen and oxygen atoms in total. The standard InChI is InChI=1S/C11H20N4O2/c1-5-17-11(16)9-10(12)15(7-13-9)8(2)6-14(3)4/h7-8H,5-6,12H2,1-4H3. The molecule has 1 aromatic rings. The Kier molecular flexibility index (Phi) is 4.51. The minimum atomic E-state index is -0.471. The minimum Gasteiger partial charge on any atom is -0.461 e. The van der Waals surface area contributed by atoms with Crippen LogP contribution in [0, 0.1) is 0 Å². The Morgan fingerprint density at radius 2 is 2.29 bits per heavy atom. The smallest absolute Gasteiger partial charge is 0.360 e. The number of likely N-dealkylation sites (N-methyl/N-ethyl adjacent to an activating group) is 1. The third-order valence-corrected chi connectivity index (χ3v) is 2.41. The summed E-state index contributed by atoms with van der Waals surface area (Å²) in [5.41, 5.74) is 6.08. The Morgan fingerprint density at radius 3 is 2.82 bits per heavy atom. The minimum absolute atomic E-state index is 0.153. The summed E-state index contributed by atoms with van der Waals surface area (Å²) in [6.45, 7) is 4.91. The van der Waals surface area contributed by atoms with Gasteiger partial charge >= 0.3 is 5.97 Å². The maximum atomic E-state index is 11.5. The monoisotopic (exact) mass is 240 g/mol. The van der Waals surface area contributed by atoms with E-state index in [0.717, 1.165) is 6.54 Å². The van der Waals surface area contributed by atoms with Gasteiger partial charge < -0.3 is 19.9 Å². The fraction of sp³-hybridized carbons (Fsp3) is 0.636. The lowest BCUT2D eigenvalue weighted by atomic mass is 10.3. The van der Waals surface area contributed by atoms with Gasteiger partial charge in [0.25, 0.3) is 0 Å². The van der Waals surface area contributed by atoms with E-state index >= 15 is 0 Å². The van der Waals surface area contributed by atoms with E-state index in [2.05, 4.69) is 4.98 Å². The number of imidazole rings is 1. The summed E-state index contributed by atoms with van der Waals surface area (Å²) in [6, 6.07) is 0.153. The van der Waals surface area contributed by atoms with Gasteiger partial charge in [-0.2, -0.15) is 0 Å². The lowest BCUT2D eigenvalue weighted by Crippen LogP contribution is -2.23. The molecule has 1 unspecified atom stereocenters. The van der Waals surface area contributed by atoms with Crippen molar-refractivity contribution in [3.8, 4) is 0 Å². The summed E-state index contributed by atoms with van der Waals surface area (Å²) >= 11 is 0. The van der Waals surface area contributed by atoms with Crippen molar-refractivity contribution in [2.75, 3.05) is 33.0 Å². The SMILES string of the molecule is CCOC(=O)c1ncn(C(C)CN(C)C)c1N. The molecule has 0 saturated carbocycles. The molecule has 96 valence electrons. The van der Waals surface area contributed by atoms with Crippen LogP contribution in [-0.4, -0.2) is 47.7 Å². The van der Waals surface area contributed by atoms with Crippen molar-refractivity contribution in [2.45, 2.75) is 19.9 Å². The average molecular weight is 240 g/mol. The zero-order valence-corrected chi connectivity index (χ0v) is 10.8. The van der Waals surface area contributed by atoms with Crippen LogP contribution in [0.2, 0.25) is 0 Å². The number of nitrogen functional groups attached to an aromatic ring is 1. The third kappa shape index (κ3) is 3.20. The molecule has 0 bridgehead atoms. The maximum absolute atomic E-state index is 11.5. The Bertz CT molecular complexity index is 387. The number of aromatic nitrogens is 2. The van der Waals surface area contributed by atoms with Gasteiger partial charge in [0, 0.05) is 12.6 Å². The normalized spacial score (nSPS) is 12.8. The van der Waals surface area contributed by atoms with E-state index in [1.807, 2.05) is 25.9 Å². The van der Waals surface area contributed by atoms with Crippen molar-refractivity contribution >= 4 is 11.8 Å². The summed E-state index contributed by atoms with van der Waals surface area (Å²) in [4.78, 5) is 17.6. The van der Waals surface area contributed by atoms with Crippen LogP contribution in [0.5, 0.6) is 0 Å². The van der Waals surface area contributed by atoms with Crippen LogP contribution >= 0.6 is 0 Å². The number of nitrogens with zero attached hydrogens (tertiary/aromatic N) is 3. The lowest BCUT2D eigenvalue weighted by Gasteiger charge is -2.19. The van der Waals surface area contributed by atoms with Gasteiger partial charge in [0.05, 0.1) is 12.9 Å². The van der Waals surface area contributed by atoms with Gasteiger partial charge in [0.15, 0.2) is 5.69 Å². The molecule has 0 aliphatic carbocycles. The highest BCUT2D eigenvalue weighted by atomic mass is 16.5. The van der Waals surface area contributed by atoms with E-state index in [4.69, 9.17) is 10.5 Å². The number of anilines is 1. The number of carbonyl (C=O) groups excluding carboxylic acids is 1. The topological polar surface area (TPSA) is 73.4 Å². The fourth-order valence-electron chi connectivity index (χ4n) is 1.69. The van der Waals surface area contributed by atoms with E-state index in [0.29, 0.717) is 12.4 Å². The van der Waals surface area contributed by atoms with Crippen molar-refractivity contribution in [1.29, 1.82) is 0 Å². The van der Waals surface area contributed by atoms with Crippen LogP contribution in [0.1, 0.15) is 30.4 Å². The number of hydrogen-bond acceptors (Lipinski definition) is 5. The quantitative estimate of drug-likeness (QED) is 0.769. The lowest BCUT2D eigenvalue weighted by molar-refractivity contribution is 0.0521. The molecule has 0 amide bonds. The highest BCUT2D eigenvalue weighted by molar-refractivity contribution is 5.92. The Labute approximate surface area is 101 Å². The second-order valence-corrected chi connectivity index (χ2v) is 4.22. The summed E-state index contributed by atoms with van der Waals surface area (Å²) in [6.07, 6.45) is 1.58. The maximum Gasteiger partial charge on any atom is 0.360 e. The van der Waals surface area contributed by atoms with E-state index in [1.54, 1.807) is 17.8 Å². The number of ether oxygens (including phenoxy) is 1. The summed E-state index contributed by atoms with van der Waals surface area (Å²) in [5.74, 6) is -0.112. The summed E-state index contributed by atoms with van der Waals surface area (Å²) in [7, 11) is 3.96. The van der Waals surface area contributed by atoms with Gasteiger partial charge in [0.1, 0.15) is 5.82 Å². The highest BCUT2D eigenvalue weighted by Crippen LogP contribution is 2.17. The molecule has 0 saturated heterocycles. The number of carbonyl (C=O) groups is 1. The van der Waals surface area contributed by atoms with Crippen LogP contribution in [0.3, 0.4) is 0 Å². The molecule has 0 aliphatic rings. The number of esters is 1. The predicted octanol–water partition coefficient (Wildman–Crippen LogP) is 0.765. The van der Waals surface area contributed by atoms with E-state index in [1.165, 1.54) is 0 Å². The van der Waals surface area contributed by atoms with E-state index < -0.39 is 5.97 Å². The second kappa shape index (κ2) is 5.67. The molecule has 0 aliphatic heterocycles. The van der Waals surface area contributed by atoms with Crippen LogP contribution in [0.25, 0.3) is 0 Å². The van der Waals surface area contributed by atoms with Crippen molar-refractivity contribution in [1.82, 2.24) is 14.5 Å². The molecule has 0 radical (unpaired) electrons. The number of rotatable bonds is 5. The second-order valence-electron chi connectivity index (χ2n) is 4.22. The first-order chi connectivity index (χ1) is 7.97. The molecule has 1 heterocycles. The van der Waals surface area contributed by atoms with Gasteiger partial charge in [-0.05, 0) is 27.9 Å². The van der Waals surface area contributed by atoms with Gasteiger partial charge in [-0.15, -0.1) is 0 Å². The summed E-state index contributed by atoms with van der Waals surface area (Å²) < 4.78 is 6.66. The van der Waals surface area contributed by atoms with Crippen LogP contribution in [0.4, 0.5) is 5.82 Å².